The fourth-order valence-corrected chi connectivity index (χ4v) is 1.95. The fourth-order valence-electron chi connectivity index (χ4n) is 1.27. The molecule has 0 bridgehead atoms. The van der Waals surface area contributed by atoms with Gasteiger partial charge >= 0.3 is 0 Å². The van der Waals surface area contributed by atoms with Gasteiger partial charge in [0.25, 0.3) is 0 Å². The van der Waals surface area contributed by atoms with Gasteiger partial charge in [-0.05, 0) is 27.4 Å². The van der Waals surface area contributed by atoms with Crippen LogP contribution in [0, 0.1) is 0 Å². The van der Waals surface area contributed by atoms with Crippen molar-refractivity contribution in [3.8, 4) is 0 Å². The first-order valence-corrected chi connectivity index (χ1v) is 7.00. The number of rotatable bonds is 8. The van der Waals surface area contributed by atoms with E-state index in [1.807, 2.05) is 19.0 Å². The van der Waals surface area contributed by atoms with Crippen LogP contribution in [0.5, 0.6) is 0 Å². The highest BCUT2D eigenvalue weighted by Crippen LogP contribution is 1.93. The van der Waals surface area contributed by atoms with Gasteiger partial charge in [-0.15, -0.1) is 0 Å². The van der Waals surface area contributed by atoms with Crippen molar-refractivity contribution in [2.24, 2.45) is 0 Å². The Bertz CT molecular complexity index is 188. The quantitative estimate of drug-likeness (QED) is 0.605. The molecule has 15 heavy (non-hydrogen) atoms. The number of hydrogen-bond donors (Lipinski definition) is 2. The van der Waals surface area contributed by atoms with Gasteiger partial charge in [0, 0.05) is 41.9 Å². The molecule has 0 aliphatic carbocycles. The van der Waals surface area contributed by atoms with Crippen molar-refractivity contribution >= 4 is 10.8 Å². The van der Waals surface area contributed by atoms with E-state index in [2.05, 4.69) is 12.2 Å². The van der Waals surface area contributed by atoms with Gasteiger partial charge in [-0.25, -0.2) is 0 Å². The number of hydrogen-bond acceptors (Lipinski definition) is 4. The Balaban J connectivity index is 3.52. The molecular formula is C10H24N2O2S. The summed E-state index contributed by atoms with van der Waals surface area (Å²) in [6.45, 7) is 3.31. The summed E-state index contributed by atoms with van der Waals surface area (Å²) in [6.07, 6.45) is 2.26. The zero-order chi connectivity index (χ0) is 11.8. The zero-order valence-corrected chi connectivity index (χ0v) is 11.0. The Morgan fingerprint density at radius 3 is 2.53 bits per heavy atom. The van der Waals surface area contributed by atoms with Crippen molar-refractivity contribution in [1.29, 1.82) is 0 Å². The van der Waals surface area contributed by atoms with Gasteiger partial charge in [0.1, 0.15) is 0 Å². The molecule has 0 aliphatic heterocycles. The van der Waals surface area contributed by atoms with Crippen LogP contribution in [0.15, 0.2) is 0 Å². The van der Waals surface area contributed by atoms with Crippen LogP contribution in [-0.4, -0.2) is 65.6 Å². The molecule has 2 N–H and O–H groups in total. The Kier molecular flexibility index (Phi) is 8.23. The summed E-state index contributed by atoms with van der Waals surface area (Å²) < 4.78 is 10.9. The Morgan fingerprint density at radius 1 is 1.47 bits per heavy atom. The highest BCUT2D eigenvalue weighted by Gasteiger charge is 2.08. The first-order valence-electron chi connectivity index (χ1n) is 5.28. The normalized spacial score (nSPS) is 17.7. The van der Waals surface area contributed by atoms with Crippen LogP contribution in [-0.2, 0) is 10.8 Å². The zero-order valence-electron chi connectivity index (χ0n) is 10.2. The van der Waals surface area contributed by atoms with Crippen molar-refractivity contribution in [2.75, 3.05) is 39.2 Å². The lowest BCUT2D eigenvalue weighted by atomic mass is 10.2. The lowest BCUT2D eigenvalue weighted by Crippen LogP contribution is -2.39. The second-order valence-corrected chi connectivity index (χ2v) is 5.85. The van der Waals surface area contributed by atoms with Crippen molar-refractivity contribution in [3.63, 3.8) is 0 Å². The molecule has 0 radical (unpaired) electrons. The predicted molar refractivity (Wildman–Crippen MR) is 65.6 cm³/mol. The standard InChI is InChI=1S/C10H24N2O2S/c1-9(5-6-15(4)14)11-7-10(13)8-12(2)3/h9-11,13H,5-8H2,1-4H3. The first-order chi connectivity index (χ1) is 6.91. The Morgan fingerprint density at radius 2 is 2.07 bits per heavy atom. The minimum atomic E-state index is -0.720. The van der Waals surface area contributed by atoms with E-state index in [0.717, 1.165) is 12.2 Å². The van der Waals surface area contributed by atoms with E-state index in [1.54, 1.807) is 6.26 Å². The number of nitrogens with zero attached hydrogens (tertiary/aromatic N) is 1. The molecule has 3 unspecified atom stereocenters. The van der Waals surface area contributed by atoms with Gasteiger partial charge < -0.3 is 15.3 Å². The molecule has 0 aliphatic rings. The highest BCUT2D eigenvalue weighted by molar-refractivity contribution is 7.84. The second kappa shape index (κ2) is 8.21. The van der Waals surface area contributed by atoms with Gasteiger partial charge in [0.2, 0.25) is 0 Å². The van der Waals surface area contributed by atoms with E-state index < -0.39 is 10.8 Å². The summed E-state index contributed by atoms with van der Waals surface area (Å²) in [5, 5.41) is 12.8. The van der Waals surface area contributed by atoms with E-state index in [1.165, 1.54) is 0 Å². The average Bonchev–Trinajstić information content (AvgIpc) is 2.10. The van der Waals surface area contributed by atoms with Crippen LogP contribution in [0.3, 0.4) is 0 Å². The largest absolute Gasteiger partial charge is 0.390 e. The molecule has 4 nitrogen and oxygen atoms in total. The second-order valence-electron chi connectivity index (χ2n) is 4.29. The first kappa shape index (κ1) is 15.0. The molecule has 0 amide bonds. The minimum Gasteiger partial charge on any atom is -0.390 e. The van der Waals surface area contributed by atoms with Crippen molar-refractivity contribution < 1.29 is 9.32 Å². The smallest absolute Gasteiger partial charge is 0.0791 e. The number of nitrogens with one attached hydrogen (secondary N) is 1. The van der Waals surface area contributed by atoms with E-state index >= 15 is 0 Å². The van der Waals surface area contributed by atoms with Crippen LogP contribution in [0.4, 0.5) is 0 Å². The molecule has 0 aromatic rings. The Labute approximate surface area is 95.5 Å². The number of aliphatic hydroxyl groups excluding tert-OH is 1. The Hall–Kier alpha value is 0.0300. The van der Waals surface area contributed by atoms with Crippen LogP contribution in [0.25, 0.3) is 0 Å². The van der Waals surface area contributed by atoms with E-state index in [9.17, 15) is 9.32 Å². The molecule has 0 aromatic carbocycles. The lowest BCUT2D eigenvalue weighted by Gasteiger charge is -2.19. The van der Waals surface area contributed by atoms with E-state index in [0.29, 0.717) is 19.1 Å². The molecular weight excluding hydrogens is 212 g/mol. The monoisotopic (exact) mass is 236 g/mol. The summed E-state index contributed by atoms with van der Waals surface area (Å²) >= 11 is 0. The molecule has 0 spiro atoms. The summed E-state index contributed by atoms with van der Waals surface area (Å²) in [5.41, 5.74) is 0. The van der Waals surface area contributed by atoms with Gasteiger partial charge in [-0.1, -0.05) is 0 Å². The van der Waals surface area contributed by atoms with Crippen LogP contribution in [0.1, 0.15) is 13.3 Å². The molecule has 0 saturated heterocycles. The SMILES string of the molecule is CC(CCS(C)=O)NCC(O)CN(C)C. The summed E-state index contributed by atoms with van der Waals surface area (Å²) in [6, 6.07) is 0.311. The molecule has 0 rings (SSSR count). The van der Waals surface area contributed by atoms with Gasteiger partial charge in [-0.2, -0.15) is 0 Å². The highest BCUT2D eigenvalue weighted by atomic mass is 32.2. The van der Waals surface area contributed by atoms with Crippen LogP contribution >= 0.6 is 0 Å². The molecule has 0 aromatic heterocycles. The predicted octanol–water partition coefficient (Wildman–Crippen LogP) is -0.344. The maximum atomic E-state index is 10.9. The summed E-state index contributed by atoms with van der Waals surface area (Å²) in [5.74, 6) is 0.720. The maximum Gasteiger partial charge on any atom is 0.0791 e. The summed E-state index contributed by atoms with van der Waals surface area (Å²) in [4.78, 5) is 1.96. The molecule has 0 heterocycles. The van der Waals surface area contributed by atoms with Gasteiger partial charge in [0.15, 0.2) is 0 Å². The molecule has 0 saturated carbocycles. The minimum absolute atomic E-state index is 0.311. The van der Waals surface area contributed by atoms with Crippen molar-refractivity contribution in [2.45, 2.75) is 25.5 Å². The van der Waals surface area contributed by atoms with E-state index in [4.69, 9.17) is 0 Å². The third-order valence-electron chi connectivity index (χ3n) is 2.12. The van der Waals surface area contributed by atoms with Crippen LogP contribution in [0.2, 0.25) is 0 Å². The van der Waals surface area contributed by atoms with Crippen LogP contribution < -0.4 is 5.32 Å². The molecule has 92 valence electrons. The van der Waals surface area contributed by atoms with E-state index in [-0.39, 0.29) is 6.10 Å². The fraction of sp³-hybridized carbons (Fsp3) is 1.00. The third kappa shape index (κ3) is 10.3. The van der Waals surface area contributed by atoms with Gasteiger partial charge in [0.05, 0.1) is 6.10 Å². The lowest BCUT2D eigenvalue weighted by molar-refractivity contribution is 0.132. The maximum absolute atomic E-state index is 10.9. The summed E-state index contributed by atoms with van der Waals surface area (Å²) in [7, 11) is 3.15. The molecule has 3 atom stereocenters. The number of aliphatic hydroxyl groups is 1. The van der Waals surface area contributed by atoms with Crippen molar-refractivity contribution in [3.05, 3.63) is 0 Å². The molecule has 0 fully saturated rings. The topological polar surface area (TPSA) is 52.6 Å². The molecule has 5 heteroatoms. The van der Waals surface area contributed by atoms with Gasteiger partial charge in [-0.3, -0.25) is 4.21 Å². The third-order valence-corrected chi connectivity index (χ3v) is 2.93. The number of likely N-dealkylation sites (N-methyl/N-ethyl adjacent to an activating group) is 1. The van der Waals surface area contributed by atoms with Crippen molar-refractivity contribution in [1.82, 2.24) is 10.2 Å². The average molecular weight is 236 g/mol.